The van der Waals surface area contributed by atoms with E-state index >= 15 is 0 Å². The zero-order chi connectivity index (χ0) is 15.4. The second-order valence-electron chi connectivity index (χ2n) is 3.78. The second kappa shape index (κ2) is 6.70. The van der Waals surface area contributed by atoms with Crippen LogP contribution in [-0.4, -0.2) is 34.9 Å². The lowest BCUT2D eigenvalue weighted by Crippen LogP contribution is -2.23. The van der Waals surface area contributed by atoms with Crippen molar-refractivity contribution in [1.82, 2.24) is 5.32 Å². The summed E-state index contributed by atoms with van der Waals surface area (Å²) in [5.41, 5.74) is 0. The molecule has 112 valence electrons. The Morgan fingerprint density at radius 3 is 2.50 bits per heavy atom. The van der Waals surface area contributed by atoms with Gasteiger partial charge in [-0.25, -0.2) is 16.8 Å². The molecular formula is C10H12ClNO5S3. The molecular weight excluding hydrogens is 346 g/mol. The van der Waals surface area contributed by atoms with Gasteiger partial charge in [0.2, 0.25) is 5.91 Å². The lowest BCUT2D eigenvalue weighted by atomic mass is 10.5. The SMILES string of the molecule is CS(=O)(=O)/C(=C/NC(=O)CCl)S(=O)(=O)Cc1cccs1. The molecule has 0 aromatic carbocycles. The fourth-order valence-corrected chi connectivity index (χ4v) is 5.71. The molecule has 0 bridgehead atoms. The Morgan fingerprint density at radius 2 is 2.05 bits per heavy atom. The van der Waals surface area contributed by atoms with E-state index in [-0.39, 0.29) is 0 Å². The molecule has 0 aliphatic heterocycles. The molecule has 1 aromatic rings. The van der Waals surface area contributed by atoms with Crippen molar-refractivity contribution in [3.8, 4) is 0 Å². The maximum Gasteiger partial charge on any atom is 0.238 e. The summed E-state index contributed by atoms with van der Waals surface area (Å²) in [6.45, 7) is 0. The highest BCUT2D eigenvalue weighted by molar-refractivity contribution is 8.13. The fourth-order valence-electron chi connectivity index (χ4n) is 1.26. The van der Waals surface area contributed by atoms with E-state index in [2.05, 4.69) is 0 Å². The first-order chi connectivity index (χ1) is 9.16. The van der Waals surface area contributed by atoms with Crippen molar-refractivity contribution in [3.05, 3.63) is 32.8 Å². The van der Waals surface area contributed by atoms with Gasteiger partial charge in [0.05, 0.1) is 5.75 Å². The molecule has 0 spiro atoms. The van der Waals surface area contributed by atoms with Crippen molar-refractivity contribution < 1.29 is 21.6 Å². The van der Waals surface area contributed by atoms with Gasteiger partial charge >= 0.3 is 0 Å². The quantitative estimate of drug-likeness (QED) is 0.761. The predicted molar refractivity (Wildman–Crippen MR) is 78.7 cm³/mol. The van der Waals surface area contributed by atoms with Crippen molar-refractivity contribution in [2.45, 2.75) is 5.75 Å². The van der Waals surface area contributed by atoms with E-state index < -0.39 is 41.5 Å². The number of alkyl halides is 1. The molecule has 0 atom stereocenters. The van der Waals surface area contributed by atoms with Gasteiger partial charge in [0.15, 0.2) is 23.9 Å². The maximum absolute atomic E-state index is 12.1. The number of thiophene rings is 1. The van der Waals surface area contributed by atoms with Gasteiger partial charge < -0.3 is 5.32 Å². The van der Waals surface area contributed by atoms with Crippen molar-refractivity contribution in [1.29, 1.82) is 0 Å². The zero-order valence-corrected chi connectivity index (χ0v) is 13.6. The van der Waals surface area contributed by atoms with E-state index in [0.29, 0.717) is 11.1 Å². The monoisotopic (exact) mass is 357 g/mol. The van der Waals surface area contributed by atoms with Crippen molar-refractivity contribution in [2.24, 2.45) is 0 Å². The third-order valence-corrected chi connectivity index (χ3v) is 7.30. The van der Waals surface area contributed by atoms with Crippen LogP contribution in [0, 0.1) is 0 Å². The van der Waals surface area contributed by atoms with Crippen molar-refractivity contribution >= 4 is 48.5 Å². The van der Waals surface area contributed by atoms with E-state index in [9.17, 15) is 21.6 Å². The second-order valence-corrected chi connectivity index (χ2v) is 9.28. The van der Waals surface area contributed by atoms with Crippen LogP contribution in [0.5, 0.6) is 0 Å². The average Bonchev–Trinajstić information content (AvgIpc) is 2.78. The number of halogens is 1. The molecule has 0 radical (unpaired) electrons. The number of carbonyl (C=O) groups excluding carboxylic acids is 1. The Labute approximate surface area is 126 Å². The largest absolute Gasteiger partial charge is 0.330 e. The summed E-state index contributed by atoms with van der Waals surface area (Å²) in [7, 11) is -8.09. The number of hydrogen-bond acceptors (Lipinski definition) is 6. The van der Waals surface area contributed by atoms with Gasteiger partial charge in [-0.15, -0.1) is 22.9 Å². The Morgan fingerprint density at radius 1 is 1.40 bits per heavy atom. The minimum Gasteiger partial charge on any atom is -0.330 e. The first-order valence-corrected chi connectivity index (χ1v) is 10.1. The van der Waals surface area contributed by atoms with E-state index in [1.165, 1.54) is 11.3 Å². The zero-order valence-electron chi connectivity index (χ0n) is 10.4. The number of hydrogen-bond donors (Lipinski definition) is 1. The first-order valence-electron chi connectivity index (χ1n) is 5.17. The molecule has 20 heavy (non-hydrogen) atoms. The summed E-state index contributed by atoms with van der Waals surface area (Å²) in [4.78, 5) is 11.5. The third kappa shape index (κ3) is 4.89. The molecule has 0 fully saturated rings. The number of carbonyl (C=O) groups is 1. The van der Waals surface area contributed by atoms with Crippen LogP contribution in [0.3, 0.4) is 0 Å². The van der Waals surface area contributed by atoms with Crippen molar-refractivity contribution in [2.75, 3.05) is 12.1 Å². The molecule has 0 saturated heterocycles. The molecule has 6 nitrogen and oxygen atoms in total. The van der Waals surface area contributed by atoms with Gasteiger partial charge in [-0.2, -0.15) is 0 Å². The van der Waals surface area contributed by atoms with Crippen LogP contribution in [-0.2, 0) is 30.2 Å². The Kier molecular flexibility index (Phi) is 5.75. The highest BCUT2D eigenvalue weighted by Gasteiger charge is 2.28. The van der Waals surface area contributed by atoms with E-state index in [0.717, 1.165) is 6.26 Å². The molecule has 0 aliphatic carbocycles. The normalized spacial score (nSPS) is 13.2. The van der Waals surface area contributed by atoms with Crippen LogP contribution in [0.25, 0.3) is 0 Å². The minimum atomic E-state index is -4.08. The van der Waals surface area contributed by atoms with Crippen LogP contribution < -0.4 is 5.32 Å². The van der Waals surface area contributed by atoms with Gasteiger partial charge in [-0.3, -0.25) is 4.79 Å². The first kappa shape index (κ1) is 17.2. The minimum absolute atomic E-state index is 0.404. The van der Waals surface area contributed by atoms with E-state index in [4.69, 9.17) is 11.6 Å². The standard InChI is InChI=1S/C10H12ClNO5S3/c1-19(14,15)10(6-12-9(13)5-11)20(16,17)7-8-3-2-4-18-8/h2-4,6H,5,7H2,1H3,(H,12,13)/b10-6-. The Bertz CT molecular complexity index is 704. The Hall–Kier alpha value is -0.900. The van der Waals surface area contributed by atoms with Crippen LogP contribution in [0.4, 0.5) is 0 Å². The van der Waals surface area contributed by atoms with Crippen LogP contribution in [0.1, 0.15) is 4.88 Å². The Balaban J connectivity index is 3.14. The summed E-state index contributed by atoms with van der Waals surface area (Å²) >= 11 is 6.44. The highest BCUT2D eigenvalue weighted by atomic mass is 35.5. The molecule has 1 N–H and O–H groups in total. The predicted octanol–water partition coefficient (Wildman–Crippen LogP) is 0.861. The summed E-state index contributed by atoms with van der Waals surface area (Å²) in [5.74, 6) is -1.54. The molecule has 1 heterocycles. The smallest absolute Gasteiger partial charge is 0.238 e. The molecule has 1 aromatic heterocycles. The van der Waals surface area contributed by atoms with E-state index in [1.54, 1.807) is 17.5 Å². The molecule has 1 amide bonds. The number of rotatable bonds is 6. The van der Waals surface area contributed by atoms with Crippen molar-refractivity contribution in [3.63, 3.8) is 0 Å². The lowest BCUT2D eigenvalue weighted by molar-refractivity contribution is -0.117. The molecule has 1 rings (SSSR count). The topological polar surface area (TPSA) is 97.4 Å². The van der Waals surface area contributed by atoms with E-state index in [1.807, 2.05) is 5.32 Å². The van der Waals surface area contributed by atoms with Crippen LogP contribution in [0.2, 0.25) is 0 Å². The summed E-state index contributed by atoms with van der Waals surface area (Å²) < 4.78 is 46.6. The summed E-state index contributed by atoms with van der Waals surface area (Å²) in [6, 6.07) is 3.24. The maximum atomic E-state index is 12.1. The molecule has 0 aliphatic rings. The molecule has 0 unspecified atom stereocenters. The van der Waals surface area contributed by atoms with Crippen LogP contribution in [0.15, 0.2) is 27.9 Å². The number of nitrogens with one attached hydrogen (secondary N) is 1. The van der Waals surface area contributed by atoms with Gasteiger partial charge in [-0.05, 0) is 11.4 Å². The van der Waals surface area contributed by atoms with Gasteiger partial charge in [0.25, 0.3) is 0 Å². The van der Waals surface area contributed by atoms with Crippen LogP contribution >= 0.6 is 22.9 Å². The number of amides is 1. The third-order valence-electron chi connectivity index (χ3n) is 2.06. The van der Waals surface area contributed by atoms with Gasteiger partial charge in [0, 0.05) is 17.3 Å². The van der Waals surface area contributed by atoms with Gasteiger partial charge in [-0.1, -0.05) is 6.07 Å². The number of sulfone groups is 2. The fraction of sp³-hybridized carbons (Fsp3) is 0.300. The molecule has 10 heteroatoms. The molecule has 0 saturated carbocycles. The summed E-state index contributed by atoms with van der Waals surface area (Å²) in [6.07, 6.45) is 1.43. The highest BCUT2D eigenvalue weighted by Crippen LogP contribution is 2.21. The summed E-state index contributed by atoms with van der Waals surface area (Å²) in [5, 5.41) is 3.72. The van der Waals surface area contributed by atoms with Gasteiger partial charge in [0.1, 0.15) is 5.88 Å². The average molecular weight is 358 g/mol. The lowest BCUT2D eigenvalue weighted by Gasteiger charge is -2.07.